The highest BCUT2D eigenvalue weighted by atomic mass is 16.6. The van der Waals surface area contributed by atoms with Gasteiger partial charge in [-0.2, -0.15) is 0 Å². The van der Waals surface area contributed by atoms with E-state index in [1.54, 1.807) is 29.0 Å². The first-order valence-electron chi connectivity index (χ1n) is 9.42. The number of benzene rings is 1. The number of hydrogen-bond acceptors (Lipinski definition) is 5. The highest BCUT2D eigenvalue weighted by Crippen LogP contribution is 2.17. The minimum Gasteiger partial charge on any atom is -0.443 e. The topological polar surface area (TPSA) is 74.2 Å². The average Bonchev–Trinajstić information content (AvgIpc) is 3.11. The van der Waals surface area contributed by atoms with Gasteiger partial charge in [0.05, 0.1) is 13.1 Å². The van der Waals surface area contributed by atoms with Gasteiger partial charge >= 0.3 is 6.09 Å². The van der Waals surface area contributed by atoms with E-state index in [1.165, 1.54) is 0 Å². The van der Waals surface area contributed by atoms with Crippen molar-refractivity contribution in [2.45, 2.75) is 32.9 Å². The Bertz CT molecular complexity index is 748. The van der Waals surface area contributed by atoms with Crippen LogP contribution in [-0.4, -0.2) is 67.0 Å². The molecule has 0 spiro atoms. The molecule has 1 aromatic rings. The Morgan fingerprint density at radius 2 is 1.96 bits per heavy atom. The molecule has 2 amide bonds. The molecule has 0 saturated heterocycles. The summed E-state index contributed by atoms with van der Waals surface area (Å²) in [7, 11) is 3.60. The van der Waals surface area contributed by atoms with Gasteiger partial charge in [-0.3, -0.25) is 14.7 Å². The van der Waals surface area contributed by atoms with Gasteiger partial charge in [0.15, 0.2) is 0 Å². The van der Waals surface area contributed by atoms with Gasteiger partial charge in [0.1, 0.15) is 11.4 Å². The Balaban J connectivity index is 2.01. The molecule has 0 saturated carbocycles. The first kappa shape index (κ1) is 21.6. The lowest BCUT2D eigenvalue weighted by atomic mass is 10.1. The zero-order valence-electron chi connectivity index (χ0n) is 17.4. The molecular formula is C21H30N4O3. The maximum Gasteiger partial charge on any atom is 0.416 e. The summed E-state index contributed by atoms with van der Waals surface area (Å²) in [6.45, 7) is 7.78. The van der Waals surface area contributed by atoms with E-state index in [1.807, 2.05) is 52.1 Å². The zero-order valence-corrected chi connectivity index (χ0v) is 17.4. The van der Waals surface area contributed by atoms with Gasteiger partial charge in [-0.1, -0.05) is 30.3 Å². The normalized spacial score (nSPS) is 14.3. The van der Waals surface area contributed by atoms with Crippen molar-refractivity contribution in [3.05, 3.63) is 47.5 Å². The van der Waals surface area contributed by atoms with Crippen LogP contribution in [0.5, 0.6) is 0 Å². The van der Waals surface area contributed by atoms with Crippen molar-refractivity contribution in [2.75, 3.05) is 33.7 Å². The number of amidine groups is 1. The predicted molar refractivity (Wildman–Crippen MR) is 110 cm³/mol. The fourth-order valence-electron chi connectivity index (χ4n) is 2.70. The van der Waals surface area contributed by atoms with E-state index in [0.29, 0.717) is 32.0 Å². The van der Waals surface area contributed by atoms with Crippen LogP contribution in [0.4, 0.5) is 4.79 Å². The van der Waals surface area contributed by atoms with Crippen LogP contribution in [0.1, 0.15) is 31.9 Å². The van der Waals surface area contributed by atoms with E-state index >= 15 is 0 Å². The second-order valence-electron chi connectivity index (χ2n) is 7.69. The molecule has 1 aromatic carbocycles. The molecule has 1 aliphatic rings. The van der Waals surface area contributed by atoms with Crippen LogP contribution in [0.3, 0.4) is 0 Å². The van der Waals surface area contributed by atoms with Crippen LogP contribution in [0, 0.1) is 0 Å². The highest BCUT2D eigenvalue weighted by molar-refractivity contribution is 6.07. The minimum atomic E-state index is -0.548. The summed E-state index contributed by atoms with van der Waals surface area (Å²) in [5.41, 5.74) is 1.31. The van der Waals surface area contributed by atoms with Gasteiger partial charge in [-0.05, 0) is 33.4 Å². The summed E-state index contributed by atoms with van der Waals surface area (Å²) in [5, 5.41) is 2.96. The van der Waals surface area contributed by atoms with Crippen LogP contribution < -0.4 is 5.32 Å². The standard InChI is InChI=1S/C21H30N4O3/c1-21(2,3)28-20(27)25-14-13-23-19(25)17-10-8-16(9-11-17)15-24(5)18(26)7-6-12-22-4/h6-11,22H,12-15H2,1-5H3. The van der Waals surface area contributed by atoms with Crippen molar-refractivity contribution in [3.8, 4) is 0 Å². The van der Waals surface area contributed by atoms with E-state index in [2.05, 4.69) is 10.3 Å². The van der Waals surface area contributed by atoms with E-state index in [-0.39, 0.29) is 12.0 Å². The third kappa shape index (κ3) is 6.20. The first-order valence-corrected chi connectivity index (χ1v) is 9.42. The van der Waals surface area contributed by atoms with Crippen molar-refractivity contribution in [1.29, 1.82) is 0 Å². The van der Waals surface area contributed by atoms with Gasteiger partial charge < -0.3 is 15.0 Å². The molecule has 0 unspecified atom stereocenters. The molecule has 0 radical (unpaired) electrons. The third-order valence-electron chi connectivity index (χ3n) is 4.05. The lowest BCUT2D eigenvalue weighted by Crippen LogP contribution is -2.39. The number of likely N-dealkylation sites (N-methyl/N-ethyl adjacent to an activating group) is 2. The minimum absolute atomic E-state index is 0.0457. The molecular weight excluding hydrogens is 356 g/mol. The Labute approximate surface area is 167 Å². The number of amides is 2. The third-order valence-corrected chi connectivity index (χ3v) is 4.05. The number of carbonyl (C=O) groups excluding carboxylic acids is 2. The van der Waals surface area contributed by atoms with E-state index in [4.69, 9.17) is 4.74 Å². The molecule has 152 valence electrons. The second kappa shape index (κ2) is 9.50. The van der Waals surface area contributed by atoms with Crippen LogP contribution >= 0.6 is 0 Å². The molecule has 1 N–H and O–H groups in total. The van der Waals surface area contributed by atoms with Crippen molar-refractivity contribution in [3.63, 3.8) is 0 Å². The molecule has 0 fully saturated rings. The number of aliphatic imine (C=N–C) groups is 1. The monoisotopic (exact) mass is 386 g/mol. The molecule has 0 bridgehead atoms. The molecule has 7 nitrogen and oxygen atoms in total. The summed E-state index contributed by atoms with van der Waals surface area (Å²) in [4.78, 5) is 32.2. The Hall–Kier alpha value is -2.67. The molecule has 1 aliphatic heterocycles. The quantitative estimate of drug-likeness (QED) is 0.762. The summed E-state index contributed by atoms with van der Waals surface area (Å²) in [6, 6.07) is 7.74. The van der Waals surface area contributed by atoms with Crippen LogP contribution in [-0.2, 0) is 16.1 Å². The van der Waals surface area contributed by atoms with Gasteiger partial charge in [-0.25, -0.2) is 4.79 Å². The lowest BCUT2D eigenvalue weighted by Gasteiger charge is -2.25. The number of ether oxygens (including phenoxy) is 1. The van der Waals surface area contributed by atoms with Gasteiger partial charge in [-0.15, -0.1) is 0 Å². The molecule has 0 aliphatic carbocycles. The predicted octanol–water partition coefficient (Wildman–Crippen LogP) is 2.42. The van der Waals surface area contributed by atoms with Crippen LogP contribution in [0.15, 0.2) is 41.4 Å². The maximum absolute atomic E-state index is 12.4. The van der Waals surface area contributed by atoms with Gasteiger partial charge in [0.25, 0.3) is 0 Å². The average molecular weight is 386 g/mol. The van der Waals surface area contributed by atoms with Crippen molar-refractivity contribution < 1.29 is 14.3 Å². The van der Waals surface area contributed by atoms with Crippen LogP contribution in [0.25, 0.3) is 0 Å². The van der Waals surface area contributed by atoms with Crippen molar-refractivity contribution >= 4 is 17.8 Å². The molecule has 0 atom stereocenters. The fraction of sp³-hybridized carbons (Fsp3) is 0.476. The number of nitrogens with one attached hydrogen (secondary N) is 1. The Kier molecular flexibility index (Phi) is 7.34. The number of hydrogen-bond donors (Lipinski definition) is 1. The van der Waals surface area contributed by atoms with Crippen molar-refractivity contribution in [1.82, 2.24) is 15.1 Å². The molecule has 0 aromatic heterocycles. The van der Waals surface area contributed by atoms with E-state index in [9.17, 15) is 9.59 Å². The number of nitrogens with zero attached hydrogens (tertiary/aromatic N) is 3. The van der Waals surface area contributed by atoms with Gasteiger partial charge in [0, 0.05) is 31.8 Å². The molecule has 28 heavy (non-hydrogen) atoms. The molecule has 1 heterocycles. The van der Waals surface area contributed by atoms with E-state index in [0.717, 1.165) is 11.1 Å². The summed E-state index contributed by atoms with van der Waals surface area (Å²) in [5.74, 6) is 0.579. The first-order chi connectivity index (χ1) is 13.2. The largest absolute Gasteiger partial charge is 0.443 e. The van der Waals surface area contributed by atoms with E-state index < -0.39 is 5.60 Å². The summed E-state index contributed by atoms with van der Waals surface area (Å²) in [6.07, 6.45) is 2.98. The molecule has 2 rings (SSSR count). The Morgan fingerprint density at radius 1 is 1.29 bits per heavy atom. The second-order valence-corrected chi connectivity index (χ2v) is 7.69. The van der Waals surface area contributed by atoms with Crippen molar-refractivity contribution in [2.24, 2.45) is 4.99 Å². The zero-order chi connectivity index (χ0) is 20.7. The highest BCUT2D eigenvalue weighted by Gasteiger charge is 2.29. The maximum atomic E-state index is 12.4. The number of rotatable bonds is 6. The number of carbonyl (C=O) groups is 2. The molecule has 7 heteroatoms. The van der Waals surface area contributed by atoms with Crippen LogP contribution in [0.2, 0.25) is 0 Å². The smallest absolute Gasteiger partial charge is 0.416 e. The lowest BCUT2D eigenvalue weighted by molar-refractivity contribution is -0.125. The summed E-state index contributed by atoms with van der Waals surface area (Å²) < 4.78 is 5.47. The Morgan fingerprint density at radius 3 is 2.57 bits per heavy atom. The van der Waals surface area contributed by atoms with Gasteiger partial charge in [0.2, 0.25) is 5.91 Å². The summed E-state index contributed by atoms with van der Waals surface area (Å²) >= 11 is 0. The SMILES string of the molecule is CNCC=CC(=O)N(C)Cc1ccc(C2=NCCN2C(=O)OC(C)(C)C)cc1. The fourth-order valence-corrected chi connectivity index (χ4v) is 2.70.